The zero-order chi connectivity index (χ0) is 19.1. The minimum absolute atomic E-state index is 0.0253. The molecular formula is C21H27N3O2. The Balaban J connectivity index is 1.99. The molecule has 0 aromatic heterocycles. The number of nitrogens with one attached hydrogen (secondary N) is 2. The van der Waals surface area contributed by atoms with Crippen LogP contribution in [-0.4, -0.2) is 17.5 Å². The molecule has 0 fully saturated rings. The van der Waals surface area contributed by atoms with Crippen molar-refractivity contribution in [2.75, 3.05) is 5.32 Å². The number of allylic oxidation sites excluding steroid dienone is 3. The lowest BCUT2D eigenvalue weighted by Crippen LogP contribution is -2.23. The molecule has 0 bridgehead atoms. The van der Waals surface area contributed by atoms with E-state index in [1.165, 1.54) is 0 Å². The number of carbonyl (C=O) groups is 2. The lowest BCUT2D eigenvalue weighted by atomic mass is 9.85. The molecule has 5 heteroatoms. The second kappa shape index (κ2) is 9.13. The number of nitrogens with zero attached hydrogens (tertiary/aromatic N) is 1. The fourth-order valence-corrected chi connectivity index (χ4v) is 2.76. The molecule has 0 spiro atoms. The summed E-state index contributed by atoms with van der Waals surface area (Å²) in [5.41, 5.74) is 6.93. The highest BCUT2D eigenvalue weighted by atomic mass is 16.2. The minimum atomic E-state index is -0.269. The predicted octanol–water partition coefficient (Wildman–Crippen LogP) is 4.44. The molecule has 0 radical (unpaired) electrons. The monoisotopic (exact) mass is 353 g/mol. The Hall–Kier alpha value is -2.69. The van der Waals surface area contributed by atoms with Crippen molar-refractivity contribution in [3.8, 4) is 0 Å². The van der Waals surface area contributed by atoms with Crippen molar-refractivity contribution in [3.05, 3.63) is 53.6 Å². The Labute approximate surface area is 155 Å². The van der Waals surface area contributed by atoms with E-state index in [4.69, 9.17) is 0 Å². The molecule has 5 nitrogen and oxygen atoms in total. The summed E-state index contributed by atoms with van der Waals surface area (Å²) < 4.78 is 0. The Morgan fingerprint density at radius 3 is 2.58 bits per heavy atom. The summed E-state index contributed by atoms with van der Waals surface area (Å²) in [4.78, 5) is 23.9. The average Bonchev–Trinajstić information content (AvgIpc) is 2.61. The Bertz CT molecular complexity index is 745. The molecule has 1 unspecified atom stereocenters. The van der Waals surface area contributed by atoms with E-state index in [0.29, 0.717) is 23.6 Å². The number of rotatable bonds is 6. The van der Waals surface area contributed by atoms with Crippen LogP contribution in [0.3, 0.4) is 0 Å². The first-order chi connectivity index (χ1) is 12.4. The van der Waals surface area contributed by atoms with Gasteiger partial charge in [0.1, 0.15) is 0 Å². The van der Waals surface area contributed by atoms with Crippen LogP contribution in [0.15, 0.2) is 53.2 Å². The van der Waals surface area contributed by atoms with E-state index in [0.717, 1.165) is 36.1 Å². The van der Waals surface area contributed by atoms with Crippen LogP contribution >= 0.6 is 0 Å². The van der Waals surface area contributed by atoms with Crippen LogP contribution in [0.5, 0.6) is 0 Å². The van der Waals surface area contributed by atoms with Crippen molar-refractivity contribution < 1.29 is 9.59 Å². The van der Waals surface area contributed by atoms with Gasteiger partial charge < -0.3 is 5.32 Å². The molecule has 0 aliphatic heterocycles. The smallest absolute Gasteiger partial charge is 0.271 e. The van der Waals surface area contributed by atoms with Crippen molar-refractivity contribution in [1.29, 1.82) is 0 Å². The van der Waals surface area contributed by atoms with Gasteiger partial charge in [-0.05, 0) is 68.9 Å². The number of hydrogen-bond donors (Lipinski definition) is 2. The molecule has 1 atom stereocenters. The van der Waals surface area contributed by atoms with Gasteiger partial charge >= 0.3 is 0 Å². The Morgan fingerprint density at radius 1 is 1.27 bits per heavy atom. The van der Waals surface area contributed by atoms with Crippen LogP contribution in [0.25, 0.3) is 0 Å². The quantitative estimate of drug-likeness (QED) is 0.586. The molecule has 0 saturated carbocycles. The SMILES string of the molecule is C=C(C)C1CC=C(C)/C(=N\NC(=O)c2ccc(NC(=O)CCC)cc2)C1. The third-order valence-electron chi connectivity index (χ3n) is 4.50. The van der Waals surface area contributed by atoms with Gasteiger partial charge in [0.25, 0.3) is 5.91 Å². The van der Waals surface area contributed by atoms with Crippen molar-refractivity contribution in [2.24, 2.45) is 11.0 Å². The van der Waals surface area contributed by atoms with Gasteiger partial charge in [0.05, 0.1) is 5.71 Å². The summed E-state index contributed by atoms with van der Waals surface area (Å²) in [7, 11) is 0. The molecule has 2 N–H and O–H groups in total. The fraction of sp³-hybridized carbons (Fsp3) is 0.381. The molecular weight excluding hydrogens is 326 g/mol. The van der Waals surface area contributed by atoms with E-state index in [9.17, 15) is 9.59 Å². The molecule has 2 amide bonds. The second-order valence-corrected chi connectivity index (χ2v) is 6.75. The molecule has 0 heterocycles. The van der Waals surface area contributed by atoms with Crippen molar-refractivity contribution in [1.82, 2.24) is 5.43 Å². The maximum atomic E-state index is 12.3. The number of carbonyl (C=O) groups excluding carboxylic acids is 2. The largest absolute Gasteiger partial charge is 0.326 e. The Kier molecular flexibility index (Phi) is 6.89. The third kappa shape index (κ3) is 5.41. The summed E-state index contributed by atoms with van der Waals surface area (Å²) >= 11 is 0. The minimum Gasteiger partial charge on any atom is -0.326 e. The first-order valence-corrected chi connectivity index (χ1v) is 9.00. The summed E-state index contributed by atoms with van der Waals surface area (Å²) in [5, 5.41) is 7.11. The second-order valence-electron chi connectivity index (χ2n) is 6.75. The zero-order valence-corrected chi connectivity index (χ0v) is 15.8. The van der Waals surface area contributed by atoms with E-state index in [-0.39, 0.29) is 11.8 Å². The van der Waals surface area contributed by atoms with Gasteiger partial charge in [-0.3, -0.25) is 9.59 Å². The molecule has 2 rings (SSSR count). The fourth-order valence-electron chi connectivity index (χ4n) is 2.76. The summed E-state index contributed by atoms with van der Waals surface area (Å²) in [6.07, 6.45) is 5.19. The molecule has 0 saturated heterocycles. The van der Waals surface area contributed by atoms with E-state index in [2.05, 4.69) is 28.5 Å². The summed E-state index contributed by atoms with van der Waals surface area (Å²) in [6.45, 7) is 10.0. The summed E-state index contributed by atoms with van der Waals surface area (Å²) in [5.74, 6) is 0.0808. The van der Waals surface area contributed by atoms with Crippen LogP contribution in [-0.2, 0) is 4.79 Å². The lowest BCUT2D eigenvalue weighted by molar-refractivity contribution is -0.116. The average molecular weight is 353 g/mol. The number of anilines is 1. The van der Waals surface area contributed by atoms with Gasteiger partial charge in [0, 0.05) is 17.7 Å². The molecule has 1 aliphatic carbocycles. The van der Waals surface area contributed by atoms with Gasteiger partial charge in [-0.15, -0.1) is 0 Å². The van der Waals surface area contributed by atoms with Crippen molar-refractivity contribution >= 4 is 23.2 Å². The predicted molar refractivity (Wildman–Crippen MR) is 106 cm³/mol. The van der Waals surface area contributed by atoms with Crippen LogP contribution in [0.4, 0.5) is 5.69 Å². The highest BCUT2D eigenvalue weighted by Gasteiger charge is 2.19. The third-order valence-corrected chi connectivity index (χ3v) is 4.50. The highest BCUT2D eigenvalue weighted by molar-refractivity contribution is 6.02. The van der Waals surface area contributed by atoms with Crippen molar-refractivity contribution in [3.63, 3.8) is 0 Å². The molecule has 1 aromatic rings. The van der Waals surface area contributed by atoms with E-state index < -0.39 is 0 Å². The van der Waals surface area contributed by atoms with E-state index in [1.807, 2.05) is 20.8 Å². The van der Waals surface area contributed by atoms with Gasteiger partial charge in [-0.1, -0.05) is 25.2 Å². The van der Waals surface area contributed by atoms with Gasteiger partial charge in [0.2, 0.25) is 5.91 Å². The number of hydrazone groups is 1. The van der Waals surface area contributed by atoms with Crippen LogP contribution in [0, 0.1) is 5.92 Å². The van der Waals surface area contributed by atoms with Crippen LogP contribution < -0.4 is 10.7 Å². The molecule has 26 heavy (non-hydrogen) atoms. The first-order valence-electron chi connectivity index (χ1n) is 9.00. The van der Waals surface area contributed by atoms with Gasteiger partial charge in [-0.2, -0.15) is 5.10 Å². The van der Waals surface area contributed by atoms with E-state index in [1.54, 1.807) is 24.3 Å². The maximum absolute atomic E-state index is 12.3. The maximum Gasteiger partial charge on any atom is 0.271 e. The molecule has 1 aromatic carbocycles. The number of hydrogen-bond acceptors (Lipinski definition) is 3. The lowest BCUT2D eigenvalue weighted by Gasteiger charge is -2.22. The zero-order valence-electron chi connectivity index (χ0n) is 15.8. The first kappa shape index (κ1) is 19.6. The van der Waals surface area contributed by atoms with Crippen molar-refractivity contribution in [2.45, 2.75) is 46.5 Å². The summed E-state index contributed by atoms with van der Waals surface area (Å²) in [6, 6.07) is 6.80. The van der Waals surface area contributed by atoms with Crippen LogP contribution in [0.2, 0.25) is 0 Å². The standard InChI is InChI=1S/C21H27N3O2/c1-5-6-20(25)22-18-11-9-16(10-12-18)21(26)24-23-19-13-17(14(2)3)8-7-15(19)4/h7,9-12,17H,2,5-6,8,13H2,1,3-4H3,(H,22,25)(H,24,26)/b23-19-. The highest BCUT2D eigenvalue weighted by Crippen LogP contribution is 2.26. The number of amides is 2. The topological polar surface area (TPSA) is 70.6 Å². The van der Waals surface area contributed by atoms with E-state index >= 15 is 0 Å². The van der Waals surface area contributed by atoms with Gasteiger partial charge in [-0.25, -0.2) is 5.43 Å². The molecule has 1 aliphatic rings. The molecule has 138 valence electrons. The number of benzene rings is 1. The van der Waals surface area contributed by atoms with Gasteiger partial charge in [0.15, 0.2) is 0 Å². The Morgan fingerprint density at radius 2 is 1.96 bits per heavy atom. The normalized spacial score (nSPS) is 18.2. The van der Waals surface area contributed by atoms with Crippen LogP contribution in [0.1, 0.15) is 56.8 Å².